The summed E-state index contributed by atoms with van der Waals surface area (Å²) in [5.74, 6) is 0.723. The largest absolute Gasteiger partial charge is 0.325 e. The first-order valence-electron chi connectivity index (χ1n) is 6.98. The molecule has 2 rings (SSSR count). The fourth-order valence-corrected chi connectivity index (χ4v) is 2.55. The topological polar surface area (TPSA) is 44.4 Å². The number of carbonyl (C=O) groups excluding carboxylic acids is 1. The molecule has 0 aromatic heterocycles. The molecule has 1 fully saturated rings. The number of anilines is 1. The summed E-state index contributed by atoms with van der Waals surface area (Å²) < 4.78 is 0. The molecule has 0 bridgehead atoms. The highest BCUT2D eigenvalue weighted by atomic mass is 16.2. The normalized spacial score (nSPS) is 19.4. The molecule has 4 nitrogen and oxygen atoms in total. The Balaban J connectivity index is 1.72. The Labute approximate surface area is 115 Å². The molecular formula is C15H23N3O. The van der Waals surface area contributed by atoms with E-state index in [9.17, 15) is 4.79 Å². The number of amides is 1. The molecule has 2 N–H and O–H groups in total. The highest BCUT2D eigenvalue weighted by Crippen LogP contribution is 2.11. The molecule has 1 aliphatic heterocycles. The zero-order valence-electron chi connectivity index (χ0n) is 11.6. The van der Waals surface area contributed by atoms with Crippen molar-refractivity contribution in [2.75, 3.05) is 38.5 Å². The number of piperidine rings is 1. The van der Waals surface area contributed by atoms with E-state index in [4.69, 9.17) is 0 Å². The Kier molecular flexibility index (Phi) is 5.36. The zero-order valence-corrected chi connectivity index (χ0v) is 11.6. The second kappa shape index (κ2) is 7.26. The molecule has 19 heavy (non-hydrogen) atoms. The minimum atomic E-state index is 0.0532. The van der Waals surface area contributed by atoms with Crippen molar-refractivity contribution in [1.82, 2.24) is 10.2 Å². The summed E-state index contributed by atoms with van der Waals surface area (Å²) in [6, 6.07) is 9.60. The maximum atomic E-state index is 11.9. The van der Waals surface area contributed by atoms with Crippen LogP contribution in [0.15, 0.2) is 30.3 Å². The van der Waals surface area contributed by atoms with Gasteiger partial charge >= 0.3 is 0 Å². The summed E-state index contributed by atoms with van der Waals surface area (Å²) in [7, 11) is 2.01. The molecule has 0 saturated carbocycles. The first kappa shape index (κ1) is 14.0. The Morgan fingerprint density at radius 3 is 2.89 bits per heavy atom. The van der Waals surface area contributed by atoms with Crippen LogP contribution in [0.25, 0.3) is 0 Å². The molecule has 0 spiro atoms. The Hall–Kier alpha value is -1.39. The van der Waals surface area contributed by atoms with Gasteiger partial charge in [-0.05, 0) is 51.0 Å². The lowest BCUT2D eigenvalue weighted by Gasteiger charge is -2.27. The molecule has 0 aliphatic carbocycles. The van der Waals surface area contributed by atoms with Crippen molar-refractivity contribution in [3.05, 3.63) is 30.3 Å². The van der Waals surface area contributed by atoms with E-state index >= 15 is 0 Å². The molecule has 4 heteroatoms. The number of carbonyl (C=O) groups is 1. The predicted molar refractivity (Wildman–Crippen MR) is 78.2 cm³/mol. The van der Waals surface area contributed by atoms with Gasteiger partial charge in [0, 0.05) is 12.2 Å². The number of benzene rings is 1. The first-order chi connectivity index (χ1) is 9.24. The van der Waals surface area contributed by atoms with Gasteiger partial charge in [-0.2, -0.15) is 0 Å². The second-order valence-electron chi connectivity index (χ2n) is 5.32. The molecule has 1 aromatic rings. The lowest BCUT2D eigenvalue weighted by Crippen LogP contribution is -2.39. The van der Waals surface area contributed by atoms with E-state index in [1.165, 1.54) is 12.8 Å². The predicted octanol–water partition coefficient (Wildman–Crippen LogP) is 1.56. The molecule has 1 unspecified atom stereocenters. The number of nitrogens with zero attached hydrogens (tertiary/aromatic N) is 1. The standard InChI is InChI=1S/C15H23N3O/c1-18(11-13-6-5-9-16-10-13)12-15(19)17-14-7-3-2-4-8-14/h2-4,7-8,13,16H,5-6,9-12H2,1H3,(H,17,19). The number of para-hydroxylation sites is 1. The van der Waals surface area contributed by atoms with Crippen molar-refractivity contribution in [3.63, 3.8) is 0 Å². The van der Waals surface area contributed by atoms with Crippen LogP contribution in [-0.2, 0) is 4.79 Å². The lowest BCUT2D eigenvalue weighted by molar-refractivity contribution is -0.117. The van der Waals surface area contributed by atoms with Crippen LogP contribution in [-0.4, -0.2) is 44.0 Å². The van der Waals surface area contributed by atoms with Gasteiger partial charge in [0.15, 0.2) is 0 Å². The molecule has 1 amide bonds. The van der Waals surface area contributed by atoms with E-state index in [-0.39, 0.29) is 5.91 Å². The number of hydrogen-bond acceptors (Lipinski definition) is 3. The Morgan fingerprint density at radius 1 is 1.42 bits per heavy atom. The van der Waals surface area contributed by atoms with Crippen molar-refractivity contribution < 1.29 is 4.79 Å². The van der Waals surface area contributed by atoms with Crippen molar-refractivity contribution in [3.8, 4) is 0 Å². The quantitative estimate of drug-likeness (QED) is 0.845. The fourth-order valence-electron chi connectivity index (χ4n) is 2.55. The van der Waals surface area contributed by atoms with Gasteiger partial charge in [0.25, 0.3) is 0 Å². The van der Waals surface area contributed by atoms with Crippen LogP contribution in [0.1, 0.15) is 12.8 Å². The van der Waals surface area contributed by atoms with Crippen LogP contribution >= 0.6 is 0 Å². The summed E-state index contributed by atoms with van der Waals surface area (Å²) in [5.41, 5.74) is 0.861. The maximum absolute atomic E-state index is 11.9. The lowest BCUT2D eigenvalue weighted by atomic mass is 9.99. The van der Waals surface area contributed by atoms with Crippen LogP contribution in [0.4, 0.5) is 5.69 Å². The van der Waals surface area contributed by atoms with Gasteiger partial charge in [-0.1, -0.05) is 18.2 Å². The highest BCUT2D eigenvalue weighted by molar-refractivity contribution is 5.92. The van der Waals surface area contributed by atoms with Gasteiger partial charge in [-0.15, -0.1) is 0 Å². The van der Waals surface area contributed by atoms with Gasteiger partial charge in [0.2, 0.25) is 5.91 Å². The van der Waals surface area contributed by atoms with Crippen LogP contribution in [0.5, 0.6) is 0 Å². The molecule has 1 saturated heterocycles. The van der Waals surface area contributed by atoms with Crippen molar-refractivity contribution in [2.45, 2.75) is 12.8 Å². The van der Waals surface area contributed by atoms with E-state index in [0.29, 0.717) is 12.5 Å². The smallest absolute Gasteiger partial charge is 0.238 e. The minimum absolute atomic E-state index is 0.0532. The highest BCUT2D eigenvalue weighted by Gasteiger charge is 2.16. The Morgan fingerprint density at radius 2 is 2.21 bits per heavy atom. The summed E-state index contributed by atoms with van der Waals surface area (Å²) in [4.78, 5) is 14.0. The van der Waals surface area contributed by atoms with Crippen molar-refractivity contribution >= 4 is 11.6 Å². The molecular weight excluding hydrogens is 238 g/mol. The SMILES string of the molecule is CN(CC(=O)Nc1ccccc1)CC1CCCNC1. The van der Waals surface area contributed by atoms with E-state index in [1.807, 2.05) is 37.4 Å². The maximum Gasteiger partial charge on any atom is 0.238 e. The van der Waals surface area contributed by atoms with E-state index in [2.05, 4.69) is 15.5 Å². The molecule has 1 heterocycles. The van der Waals surface area contributed by atoms with Crippen LogP contribution in [0.3, 0.4) is 0 Å². The molecule has 1 atom stereocenters. The third-order valence-electron chi connectivity index (χ3n) is 3.44. The van der Waals surface area contributed by atoms with Gasteiger partial charge in [0.1, 0.15) is 0 Å². The van der Waals surface area contributed by atoms with Crippen molar-refractivity contribution in [2.24, 2.45) is 5.92 Å². The van der Waals surface area contributed by atoms with E-state index in [0.717, 1.165) is 25.3 Å². The third kappa shape index (κ3) is 5.01. The number of rotatable bonds is 5. The van der Waals surface area contributed by atoms with Gasteiger partial charge in [-0.3, -0.25) is 9.69 Å². The number of nitrogens with one attached hydrogen (secondary N) is 2. The molecule has 1 aromatic carbocycles. The summed E-state index contributed by atoms with van der Waals surface area (Å²) in [6.07, 6.45) is 2.51. The summed E-state index contributed by atoms with van der Waals surface area (Å²) in [5, 5.41) is 6.32. The monoisotopic (exact) mass is 261 g/mol. The molecule has 1 aliphatic rings. The zero-order chi connectivity index (χ0) is 13.5. The van der Waals surface area contributed by atoms with Gasteiger partial charge < -0.3 is 10.6 Å². The summed E-state index contributed by atoms with van der Waals surface area (Å²) >= 11 is 0. The third-order valence-corrected chi connectivity index (χ3v) is 3.44. The number of hydrogen-bond donors (Lipinski definition) is 2. The molecule has 0 radical (unpaired) electrons. The molecule has 104 valence electrons. The Bertz CT molecular complexity index is 388. The van der Waals surface area contributed by atoms with E-state index in [1.54, 1.807) is 0 Å². The average molecular weight is 261 g/mol. The van der Waals surface area contributed by atoms with Crippen LogP contribution in [0, 0.1) is 5.92 Å². The van der Waals surface area contributed by atoms with Gasteiger partial charge in [-0.25, -0.2) is 0 Å². The van der Waals surface area contributed by atoms with E-state index < -0.39 is 0 Å². The summed E-state index contributed by atoms with van der Waals surface area (Å²) in [6.45, 7) is 3.64. The average Bonchev–Trinajstić information content (AvgIpc) is 2.40. The fraction of sp³-hybridized carbons (Fsp3) is 0.533. The minimum Gasteiger partial charge on any atom is -0.325 e. The van der Waals surface area contributed by atoms with Crippen molar-refractivity contribution in [1.29, 1.82) is 0 Å². The van der Waals surface area contributed by atoms with Crippen LogP contribution in [0.2, 0.25) is 0 Å². The first-order valence-corrected chi connectivity index (χ1v) is 6.98. The van der Waals surface area contributed by atoms with Gasteiger partial charge in [0.05, 0.1) is 6.54 Å². The number of likely N-dealkylation sites (N-methyl/N-ethyl adjacent to an activating group) is 1. The second-order valence-corrected chi connectivity index (χ2v) is 5.32. The van der Waals surface area contributed by atoms with Crippen LogP contribution < -0.4 is 10.6 Å².